The molecule has 1 unspecified atom stereocenters. The van der Waals surface area contributed by atoms with Crippen molar-refractivity contribution in [1.82, 2.24) is 19.9 Å². The molecule has 1 N–H and O–H groups in total. The van der Waals surface area contributed by atoms with E-state index in [0.29, 0.717) is 11.4 Å². The second kappa shape index (κ2) is 5.60. The third-order valence-electron chi connectivity index (χ3n) is 3.92. The standard InChI is InChI=1S/C17H18N4O/c1-11-7-6-8-14(12(11)2)17(22)18-13(3)16-20-19-15-9-4-5-10-21(15)16/h4-10,13H,1-3H3,(H,18,22). The van der Waals surface area contributed by atoms with E-state index < -0.39 is 0 Å². The summed E-state index contributed by atoms with van der Waals surface area (Å²) >= 11 is 0. The Morgan fingerprint density at radius 1 is 1.14 bits per heavy atom. The summed E-state index contributed by atoms with van der Waals surface area (Å²) in [5.74, 6) is 0.621. The van der Waals surface area contributed by atoms with Crippen molar-refractivity contribution >= 4 is 11.6 Å². The van der Waals surface area contributed by atoms with Crippen LogP contribution in [0.2, 0.25) is 0 Å². The van der Waals surface area contributed by atoms with Crippen LogP contribution in [-0.2, 0) is 0 Å². The Morgan fingerprint density at radius 2 is 1.95 bits per heavy atom. The molecule has 3 rings (SSSR count). The topological polar surface area (TPSA) is 59.3 Å². The van der Waals surface area contributed by atoms with Crippen LogP contribution in [0.4, 0.5) is 0 Å². The molecule has 0 fully saturated rings. The number of aromatic nitrogens is 3. The third-order valence-corrected chi connectivity index (χ3v) is 3.92. The molecule has 0 saturated carbocycles. The lowest BCUT2D eigenvalue weighted by Gasteiger charge is -2.14. The summed E-state index contributed by atoms with van der Waals surface area (Å²) in [5, 5.41) is 11.3. The van der Waals surface area contributed by atoms with Crippen LogP contribution in [0.25, 0.3) is 5.65 Å². The van der Waals surface area contributed by atoms with Gasteiger partial charge in [-0.25, -0.2) is 0 Å². The van der Waals surface area contributed by atoms with Crippen LogP contribution in [0.15, 0.2) is 42.6 Å². The van der Waals surface area contributed by atoms with Gasteiger partial charge in [-0.05, 0) is 50.1 Å². The number of hydrogen-bond donors (Lipinski definition) is 1. The van der Waals surface area contributed by atoms with Gasteiger partial charge in [-0.3, -0.25) is 9.20 Å². The van der Waals surface area contributed by atoms with E-state index in [1.54, 1.807) is 0 Å². The van der Waals surface area contributed by atoms with Crippen LogP contribution in [0.5, 0.6) is 0 Å². The van der Waals surface area contributed by atoms with Crippen LogP contribution in [0.1, 0.15) is 40.3 Å². The van der Waals surface area contributed by atoms with E-state index in [-0.39, 0.29) is 11.9 Å². The minimum atomic E-state index is -0.232. The average molecular weight is 294 g/mol. The van der Waals surface area contributed by atoms with Gasteiger partial charge in [0, 0.05) is 11.8 Å². The summed E-state index contributed by atoms with van der Waals surface area (Å²) in [6.45, 7) is 5.87. The first kappa shape index (κ1) is 14.3. The van der Waals surface area contributed by atoms with Crippen molar-refractivity contribution in [3.63, 3.8) is 0 Å². The Labute approximate surface area is 129 Å². The Balaban J connectivity index is 1.86. The first-order valence-corrected chi connectivity index (χ1v) is 7.24. The molecule has 3 aromatic rings. The highest BCUT2D eigenvalue weighted by molar-refractivity contribution is 5.96. The predicted molar refractivity (Wildman–Crippen MR) is 84.8 cm³/mol. The molecular formula is C17H18N4O. The van der Waals surface area contributed by atoms with Gasteiger partial charge in [0.25, 0.3) is 5.91 Å². The molecule has 22 heavy (non-hydrogen) atoms. The smallest absolute Gasteiger partial charge is 0.252 e. The number of fused-ring (bicyclic) bond motifs is 1. The molecule has 2 aromatic heterocycles. The highest BCUT2D eigenvalue weighted by atomic mass is 16.1. The van der Waals surface area contributed by atoms with Crippen molar-refractivity contribution in [2.24, 2.45) is 0 Å². The zero-order valence-corrected chi connectivity index (χ0v) is 12.9. The van der Waals surface area contributed by atoms with E-state index in [1.807, 2.05) is 67.8 Å². The number of amides is 1. The number of aryl methyl sites for hydroxylation is 1. The van der Waals surface area contributed by atoms with Crippen LogP contribution in [-0.4, -0.2) is 20.5 Å². The van der Waals surface area contributed by atoms with Gasteiger partial charge in [-0.1, -0.05) is 18.2 Å². The van der Waals surface area contributed by atoms with Crippen LogP contribution < -0.4 is 5.32 Å². The van der Waals surface area contributed by atoms with E-state index in [9.17, 15) is 4.79 Å². The fraction of sp³-hybridized carbons (Fsp3) is 0.235. The fourth-order valence-electron chi connectivity index (χ4n) is 2.49. The first-order valence-electron chi connectivity index (χ1n) is 7.24. The molecule has 0 spiro atoms. The highest BCUT2D eigenvalue weighted by Crippen LogP contribution is 2.16. The van der Waals surface area contributed by atoms with E-state index in [4.69, 9.17) is 0 Å². The fourth-order valence-corrected chi connectivity index (χ4v) is 2.49. The molecular weight excluding hydrogens is 276 g/mol. The molecule has 0 aliphatic heterocycles. The number of hydrogen-bond acceptors (Lipinski definition) is 3. The molecule has 1 atom stereocenters. The van der Waals surface area contributed by atoms with Gasteiger partial charge in [0.05, 0.1) is 6.04 Å². The van der Waals surface area contributed by atoms with Crippen molar-refractivity contribution in [3.8, 4) is 0 Å². The molecule has 1 amide bonds. The maximum atomic E-state index is 12.5. The molecule has 112 valence electrons. The lowest BCUT2D eigenvalue weighted by atomic mass is 10.0. The van der Waals surface area contributed by atoms with Crippen molar-refractivity contribution in [3.05, 3.63) is 65.1 Å². The van der Waals surface area contributed by atoms with E-state index in [0.717, 1.165) is 16.8 Å². The Kier molecular flexibility index (Phi) is 3.63. The van der Waals surface area contributed by atoms with E-state index >= 15 is 0 Å². The van der Waals surface area contributed by atoms with Gasteiger partial charge in [-0.15, -0.1) is 10.2 Å². The second-order valence-electron chi connectivity index (χ2n) is 5.43. The quantitative estimate of drug-likeness (QED) is 0.808. The summed E-state index contributed by atoms with van der Waals surface area (Å²) in [6.07, 6.45) is 1.89. The molecule has 0 aliphatic carbocycles. The third kappa shape index (κ3) is 2.45. The molecule has 0 saturated heterocycles. The van der Waals surface area contributed by atoms with Gasteiger partial charge in [0.15, 0.2) is 11.5 Å². The van der Waals surface area contributed by atoms with E-state index in [1.165, 1.54) is 0 Å². The molecule has 1 aromatic carbocycles. The molecule has 0 bridgehead atoms. The Morgan fingerprint density at radius 3 is 2.77 bits per heavy atom. The summed E-state index contributed by atoms with van der Waals surface area (Å²) in [4.78, 5) is 12.5. The maximum absolute atomic E-state index is 12.5. The van der Waals surface area contributed by atoms with Gasteiger partial charge in [0.2, 0.25) is 0 Å². The Bertz CT molecular complexity index is 838. The van der Waals surface area contributed by atoms with Crippen LogP contribution >= 0.6 is 0 Å². The number of nitrogens with one attached hydrogen (secondary N) is 1. The molecule has 0 radical (unpaired) electrons. The number of benzene rings is 1. The van der Waals surface area contributed by atoms with Crippen molar-refractivity contribution < 1.29 is 4.79 Å². The zero-order chi connectivity index (χ0) is 15.7. The van der Waals surface area contributed by atoms with Crippen molar-refractivity contribution in [2.45, 2.75) is 26.8 Å². The van der Waals surface area contributed by atoms with Crippen LogP contribution in [0.3, 0.4) is 0 Å². The SMILES string of the molecule is Cc1cccc(C(=O)NC(C)c2nnc3ccccn23)c1C. The summed E-state index contributed by atoms with van der Waals surface area (Å²) in [6, 6.07) is 11.2. The summed E-state index contributed by atoms with van der Waals surface area (Å²) in [5.41, 5.74) is 3.57. The van der Waals surface area contributed by atoms with Gasteiger partial charge in [0.1, 0.15) is 0 Å². The lowest BCUT2D eigenvalue weighted by Crippen LogP contribution is -2.28. The van der Waals surface area contributed by atoms with Crippen molar-refractivity contribution in [2.75, 3.05) is 0 Å². The van der Waals surface area contributed by atoms with Gasteiger partial charge in [-0.2, -0.15) is 0 Å². The number of nitrogens with zero attached hydrogens (tertiary/aromatic N) is 3. The summed E-state index contributed by atoms with van der Waals surface area (Å²) in [7, 11) is 0. The minimum Gasteiger partial charge on any atom is -0.342 e. The number of carbonyl (C=O) groups excluding carboxylic acids is 1. The monoisotopic (exact) mass is 294 g/mol. The maximum Gasteiger partial charge on any atom is 0.252 e. The average Bonchev–Trinajstić information content (AvgIpc) is 2.94. The first-order chi connectivity index (χ1) is 10.6. The largest absolute Gasteiger partial charge is 0.342 e. The molecule has 5 heteroatoms. The highest BCUT2D eigenvalue weighted by Gasteiger charge is 2.17. The van der Waals surface area contributed by atoms with Gasteiger partial charge < -0.3 is 5.32 Å². The number of rotatable bonds is 3. The Hall–Kier alpha value is -2.69. The predicted octanol–water partition coefficient (Wildman–Crippen LogP) is 2.84. The molecule has 5 nitrogen and oxygen atoms in total. The summed E-state index contributed by atoms with van der Waals surface area (Å²) < 4.78 is 1.88. The minimum absolute atomic E-state index is 0.0959. The lowest BCUT2D eigenvalue weighted by molar-refractivity contribution is 0.0937. The second-order valence-corrected chi connectivity index (χ2v) is 5.43. The normalized spacial score (nSPS) is 12.3. The molecule has 2 heterocycles. The molecule has 0 aliphatic rings. The number of pyridine rings is 1. The zero-order valence-electron chi connectivity index (χ0n) is 12.9. The van der Waals surface area contributed by atoms with Crippen LogP contribution in [0, 0.1) is 13.8 Å². The van der Waals surface area contributed by atoms with Gasteiger partial charge >= 0.3 is 0 Å². The van der Waals surface area contributed by atoms with E-state index in [2.05, 4.69) is 15.5 Å². The number of carbonyl (C=O) groups is 1. The van der Waals surface area contributed by atoms with Crippen molar-refractivity contribution in [1.29, 1.82) is 0 Å².